The smallest absolute Gasteiger partial charge is 0.422 e. The van der Waals surface area contributed by atoms with Gasteiger partial charge in [-0.3, -0.25) is 4.99 Å². The molecule has 6 nitrogen and oxygen atoms in total. The van der Waals surface area contributed by atoms with E-state index in [9.17, 15) is 13.2 Å². The Balaban J connectivity index is 0.00000480. The number of nitrogens with zero attached hydrogens (tertiary/aromatic N) is 1. The van der Waals surface area contributed by atoms with Crippen molar-refractivity contribution in [2.75, 3.05) is 34.4 Å². The second-order valence-corrected chi connectivity index (χ2v) is 6.33. The quantitative estimate of drug-likeness (QED) is 0.278. The van der Waals surface area contributed by atoms with Crippen LogP contribution >= 0.6 is 24.0 Å². The third kappa shape index (κ3) is 9.53. The number of aliphatic imine (C=N–C) groups is 1. The lowest BCUT2D eigenvalue weighted by atomic mass is 10.1. The summed E-state index contributed by atoms with van der Waals surface area (Å²) in [5.74, 6) is 2.32. The van der Waals surface area contributed by atoms with Gasteiger partial charge in [0, 0.05) is 20.1 Å². The van der Waals surface area contributed by atoms with Crippen LogP contribution in [0.25, 0.3) is 0 Å². The normalized spacial score (nSPS) is 11.4. The molecule has 0 unspecified atom stereocenters. The minimum atomic E-state index is -4.35. The number of methoxy groups -OCH3 is 2. The lowest BCUT2D eigenvalue weighted by Gasteiger charge is -2.14. The Morgan fingerprint density at radius 1 is 0.968 bits per heavy atom. The molecule has 0 saturated heterocycles. The van der Waals surface area contributed by atoms with Crippen molar-refractivity contribution in [1.82, 2.24) is 10.6 Å². The maximum absolute atomic E-state index is 12.2. The van der Waals surface area contributed by atoms with Gasteiger partial charge in [0.15, 0.2) is 12.6 Å². The molecule has 0 bridgehead atoms. The first-order chi connectivity index (χ1) is 14.3. The number of benzene rings is 2. The maximum Gasteiger partial charge on any atom is 0.422 e. The second-order valence-electron chi connectivity index (χ2n) is 6.33. The van der Waals surface area contributed by atoms with Crippen LogP contribution in [0, 0.1) is 0 Å². The summed E-state index contributed by atoms with van der Waals surface area (Å²) in [5.41, 5.74) is 1.89. The predicted molar refractivity (Wildman–Crippen MR) is 125 cm³/mol. The van der Waals surface area contributed by atoms with E-state index in [0.717, 1.165) is 22.6 Å². The molecule has 31 heavy (non-hydrogen) atoms. The first kappa shape index (κ1) is 26.7. The maximum atomic E-state index is 12.2. The van der Waals surface area contributed by atoms with E-state index in [1.54, 1.807) is 33.4 Å². The zero-order valence-corrected chi connectivity index (χ0v) is 19.9. The lowest BCUT2D eigenvalue weighted by Crippen LogP contribution is -2.37. The zero-order valence-electron chi connectivity index (χ0n) is 17.6. The minimum absolute atomic E-state index is 0. The highest BCUT2D eigenvalue weighted by atomic mass is 127. The van der Waals surface area contributed by atoms with Crippen molar-refractivity contribution in [3.63, 3.8) is 0 Å². The summed E-state index contributed by atoms with van der Waals surface area (Å²) in [6.07, 6.45) is -3.65. The molecule has 2 rings (SSSR count). The topological polar surface area (TPSA) is 64.1 Å². The van der Waals surface area contributed by atoms with Gasteiger partial charge in [-0.15, -0.1) is 24.0 Å². The van der Waals surface area contributed by atoms with E-state index < -0.39 is 12.8 Å². The Kier molecular flexibility index (Phi) is 11.3. The van der Waals surface area contributed by atoms with E-state index in [-0.39, 0.29) is 29.7 Å². The first-order valence-electron chi connectivity index (χ1n) is 9.28. The van der Waals surface area contributed by atoms with Crippen molar-refractivity contribution < 1.29 is 27.4 Å². The van der Waals surface area contributed by atoms with E-state index in [1.165, 1.54) is 12.1 Å². The van der Waals surface area contributed by atoms with Crippen LogP contribution in [-0.4, -0.2) is 46.6 Å². The summed E-state index contributed by atoms with van der Waals surface area (Å²) >= 11 is 0. The fourth-order valence-electron chi connectivity index (χ4n) is 2.67. The SMILES string of the molecule is CN=C(NCCc1cc(OC)ccc1OC)NCc1ccc(OCC(F)(F)F)cc1.I. The average molecular weight is 553 g/mol. The van der Waals surface area contributed by atoms with Crippen molar-refractivity contribution in [1.29, 1.82) is 0 Å². The van der Waals surface area contributed by atoms with Gasteiger partial charge >= 0.3 is 6.18 Å². The van der Waals surface area contributed by atoms with Gasteiger partial charge in [-0.1, -0.05) is 12.1 Å². The molecule has 172 valence electrons. The number of ether oxygens (including phenoxy) is 3. The fraction of sp³-hybridized carbons (Fsp3) is 0.381. The van der Waals surface area contributed by atoms with Crippen molar-refractivity contribution in [2.45, 2.75) is 19.1 Å². The average Bonchev–Trinajstić information content (AvgIpc) is 2.74. The monoisotopic (exact) mass is 553 g/mol. The van der Waals surface area contributed by atoms with E-state index in [2.05, 4.69) is 15.6 Å². The molecule has 2 N–H and O–H groups in total. The Hall–Kier alpha value is -2.37. The number of nitrogens with one attached hydrogen (secondary N) is 2. The number of hydrogen-bond donors (Lipinski definition) is 2. The highest BCUT2D eigenvalue weighted by Crippen LogP contribution is 2.24. The molecule has 2 aromatic rings. The molecular formula is C21H27F3IN3O3. The summed E-state index contributed by atoms with van der Waals surface area (Å²) in [7, 11) is 4.90. The van der Waals surface area contributed by atoms with Crippen molar-refractivity contribution in [3.8, 4) is 17.2 Å². The molecular weight excluding hydrogens is 526 g/mol. The van der Waals surface area contributed by atoms with Gasteiger partial charge in [0.1, 0.15) is 17.2 Å². The molecule has 2 aromatic carbocycles. The summed E-state index contributed by atoms with van der Waals surface area (Å²) in [4.78, 5) is 4.17. The van der Waals surface area contributed by atoms with E-state index in [4.69, 9.17) is 14.2 Å². The molecule has 0 atom stereocenters. The molecule has 0 radical (unpaired) electrons. The van der Waals surface area contributed by atoms with Crippen molar-refractivity contribution >= 4 is 29.9 Å². The van der Waals surface area contributed by atoms with Crippen LogP contribution in [0.4, 0.5) is 13.2 Å². The van der Waals surface area contributed by atoms with Crippen LogP contribution in [0.15, 0.2) is 47.5 Å². The molecule has 0 aliphatic heterocycles. The van der Waals surface area contributed by atoms with Crippen LogP contribution in [0.3, 0.4) is 0 Å². The van der Waals surface area contributed by atoms with Crippen LogP contribution < -0.4 is 24.8 Å². The molecule has 0 aromatic heterocycles. The van der Waals surface area contributed by atoms with Crippen LogP contribution in [-0.2, 0) is 13.0 Å². The molecule has 10 heteroatoms. The summed E-state index contributed by atoms with van der Waals surface area (Å²) in [6.45, 7) is -0.228. The van der Waals surface area contributed by atoms with Crippen molar-refractivity contribution in [3.05, 3.63) is 53.6 Å². The highest BCUT2D eigenvalue weighted by Gasteiger charge is 2.28. The minimum Gasteiger partial charge on any atom is -0.497 e. The van der Waals surface area contributed by atoms with Crippen molar-refractivity contribution in [2.24, 2.45) is 4.99 Å². The molecule has 0 amide bonds. The molecule has 0 heterocycles. The first-order valence-corrected chi connectivity index (χ1v) is 9.28. The van der Waals surface area contributed by atoms with Gasteiger partial charge in [-0.2, -0.15) is 13.2 Å². The third-order valence-corrected chi connectivity index (χ3v) is 4.18. The Morgan fingerprint density at radius 2 is 1.65 bits per heavy atom. The Labute approximate surface area is 197 Å². The number of hydrogen-bond acceptors (Lipinski definition) is 4. The van der Waals surface area contributed by atoms with Gasteiger partial charge in [-0.05, 0) is 47.9 Å². The molecule has 0 spiro atoms. The number of alkyl halides is 3. The van der Waals surface area contributed by atoms with Gasteiger partial charge < -0.3 is 24.8 Å². The fourth-order valence-corrected chi connectivity index (χ4v) is 2.67. The molecule has 0 aliphatic carbocycles. The molecule has 0 aliphatic rings. The predicted octanol–water partition coefficient (Wildman–Crippen LogP) is 4.17. The molecule has 0 saturated carbocycles. The third-order valence-electron chi connectivity index (χ3n) is 4.18. The highest BCUT2D eigenvalue weighted by molar-refractivity contribution is 14.0. The Morgan fingerprint density at radius 3 is 2.23 bits per heavy atom. The number of halogens is 4. The van der Waals surface area contributed by atoms with Gasteiger partial charge in [0.2, 0.25) is 0 Å². The van der Waals surface area contributed by atoms with Crippen LogP contribution in [0.1, 0.15) is 11.1 Å². The summed E-state index contributed by atoms with van der Waals surface area (Å²) in [5, 5.41) is 6.38. The van der Waals surface area contributed by atoms with E-state index >= 15 is 0 Å². The number of guanidine groups is 1. The molecule has 0 fully saturated rings. The zero-order chi connectivity index (χ0) is 22.0. The number of rotatable bonds is 9. The van der Waals surface area contributed by atoms with E-state index in [0.29, 0.717) is 25.5 Å². The second kappa shape index (κ2) is 13.1. The van der Waals surface area contributed by atoms with Gasteiger partial charge in [-0.25, -0.2) is 0 Å². The lowest BCUT2D eigenvalue weighted by molar-refractivity contribution is -0.153. The summed E-state index contributed by atoms with van der Waals surface area (Å²) < 4.78 is 51.9. The van der Waals surface area contributed by atoms with Crippen LogP contribution in [0.2, 0.25) is 0 Å². The summed E-state index contributed by atoms with van der Waals surface area (Å²) in [6, 6.07) is 12.1. The van der Waals surface area contributed by atoms with Crippen LogP contribution in [0.5, 0.6) is 17.2 Å². The Bertz CT molecular complexity index is 831. The standard InChI is InChI=1S/C21H26F3N3O3.HI/c1-25-20(26-11-10-16-12-18(28-2)8-9-19(16)29-3)27-13-15-4-6-17(7-5-15)30-14-21(22,23)24;/h4-9,12H,10-11,13-14H2,1-3H3,(H2,25,26,27);1H. The van der Waals surface area contributed by atoms with Gasteiger partial charge in [0.25, 0.3) is 0 Å². The largest absolute Gasteiger partial charge is 0.497 e. The van der Waals surface area contributed by atoms with Gasteiger partial charge in [0.05, 0.1) is 14.2 Å². The van der Waals surface area contributed by atoms with E-state index in [1.807, 2.05) is 18.2 Å².